The van der Waals surface area contributed by atoms with Gasteiger partial charge in [0.05, 0.1) is 43.9 Å². The van der Waals surface area contributed by atoms with E-state index in [4.69, 9.17) is 21.1 Å². The van der Waals surface area contributed by atoms with Crippen molar-refractivity contribution in [1.82, 2.24) is 10.6 Å². The van der Waals surface area contributed by atoms with Gasteiger partial charge in [-0.3, -0.25) is 19.2 Å². The van der Waals surface area contributed by atoms with Crippen molar-refractivity contribution in [3.63, 3.8) is 0 Å². The molecule has 0 aliphatic carbocycles. The molecule has 10 nitrogen and oxygen atoms in total. The lowest BCUT2D eigenvalue weighted by Crippen LogP contribution is -2.54. The van der Waals surface area contributed by atoms with Crippen LogP contribution in [0.3, 0.4) is 0 Å². The molecule has 0 fully saturated rings. The maximum Gasteiger partial charge on any atom is 0.337 e. The molecule has 0 radical (unpaired) electrons. The fourth-order valence-electron chi connectivity index (χ4n) is 3.90. The van der Waals surface area contributed by atoms with Crippen LogP contribution in [0.2, 0.25) is 5.02 Å². The number of hydrogen-bond donors (Lipinski definition) is 3. The molecule has 0 aliphatic heterocycles. The van der Waals surface area contributed by atoms with Crippen LogP contribution in [-0.4, -0.2) is 66.2 Å². The quantitative estimate of drug-likeness (QED) is 0.237. The van der Waals surface area contributed by atoms with Gasteiger partial charge in [0.15, 0.2) is 5.78 Å². The highest BCUT2D eigenvalue weighted by atomic mass is 35.5. The molecule has 0 bridgehead atoms. The van der Waals surface area contributed by atoms with E-state index in [1.54, 1.807) is 26.8 Å². The highest BCUT2D eigenvalue weighted by molar-refractivity contribution is 7.99. The predicted octanol–water partition coefficient (Wildman–Crippen LogP) is 3.81. The Kier molecular flexibility index (Phi) is 13.8. The fraction of sp³-hybridized carbons (Fsp3) is 0.414. The number of ketones is 1. The van der Waals surface area contributed by atoms with Gasteiger partial charge in [-0.05, 0) is 43.2 Å². The van der Waals surface area contributed by atoms with E-state index in [0.717, 1.165) is 11.8 Å². The van der Waals surface area contributed by atoms with Gasteiger partial charge in [-0.1, -0.05) is 31.5 Å². The van der Waals surface area contributed by atoms with Crippen molar-refractivity contribution in [2.75, 3.05) is 19.5 Å². The minimum atomic E-state index is -1.38. The number of rotatable bonds is 16. The summed E-state index contributed by atoms with van der Waals surface area (Å²) < 4.78 is 24.3. The zero-order valence-corrected chi connectivity index (χ0v) is 25.3. The van der Waals surface area contributed by atoms with E-state index in [1.807, 2.05) is 0 Å². The number of benzene rings is 2. The number of nitrogens with one attached hydrogen (secondary N) is 2. The second-order valence-electron chi connectivity index (χ2n) is 9.53. The highest BCUT2D eigenvalue weighted by Crippen LogP contribution is 2.24. The summed E-state index contributed by atoms with van der Waals surface area (Å²) >= 11 is 7.05. The van der Waals surface area contributed by atoms with Crippen molar-refractivity contribution in [3.05, 3.63) is 63.9 Å². The normalized spacial score (nSPS) is 12.3. The van der Waals surface area contributed by atoms with Gasteiger partial charge in [-0.25, -0.2) is 9.18 Å². The zero-order chi connectivity index (χ0) is 31.4. The number of carbonyl (C=O) groups excluding carboxylic acids is 4. The van der Waals surface area contributed by atoms with E-state index in [9.17, 15) is 33.5 Å². The first kappa shape index (κ1) is 34.6. The minimum Gasteiger partial charge on any atom is -0.494 e. The third-order valence-electron chi connectivity index (χ3n) is 6.03. The molecule has 0 aliphatic rings. The summed E-state index contributed by atoms with van der Waals surface area (Å²) in [5.74, 6) is -4.52. The van der Waals surface area contributed by atoms with Crippen LogP contribution >= 0.6 is 23.4 Å². The van der Waals surface area contributed by atoms with Crippen LogP contribution in [0.4, 0.5) is 4.39 Å². The number of amides is 2. The van der Waals surface area contributed by atoms with Crippen molar-refractivity contribution in [3.8, 4) is 5.75 Å². The molecule has 13 heteroatoms. The van der Waals surface area contributed by atoms with Crippen molar-refractivity contribution >= 4 is 52.9 Å². The smallest absolute Gasteiger partial charge is 0.337 e. The lowest BCUT2D eigenvalue weighted by atomic mass is 10.0. The number of carbonyl (C=O) groups is 5. The Hall–Kier alpha value is -3.64. The molecule has 0 heterocycles. The Morgan fingerprint density at radius 1 is 1.10 bits per heavy atom. The van der Waals surface area contributed by atoms with Crippen molar-refractivity contribution in [2.45, 2.75) is 51.4 Å². The Bertz CT molecular complexity index is 1290. The van der Waals surface area contributed by atoms with Gasteiger partial charge in [-0.15, -0.1) is 11.8 Å². The minimum absolute atomic E-state index is 0.0660. The van der Waals surface area contributed by atoms with Crippen molar-refractivity contribution in [1.29, 1.82) is 0 Å². The monoisotopic (exact) mass is 624 g/mol. The van der Waals surface area contributed by atoms with Crippen LogP contribution in [0, 0.1) is 11.7 Å². The van der Waals surface area contributed by atoms with Crippen LogP contribution in [0.1, 0.15) is 48.7 Å². The summed E-state index contributed by atoms with van der Waals surface area (Å²) in [6.45, 7) is 5.43. The molecule has 42 heavy (non-hydrogen) atoms. The van der Waals surface area contributed by atoms with Gasteiger partial charge in [-0.2, -0.15) is 0 Å². The number of esters is 1. The van der Waals surface area contributed by atoms with Crippen molar-refractivity contribution in [2.24, 2.45) is 5.92 Å². The van der Waals surface area contributed by atoms with E-state index in [2.05, 4.69) is 10.6 Å². The van der Waals surface area contributed by atoms with Gasteiger partial charge < -0.3 is 25.2 Å². The molecule has 2 aromatic rings. The molecule has 2 atom stereocenters. The zero-order valence-electron chi connectivity index (χ0n) is 23.7. The van der Waals surface area contributed by atoms with Gasteiger partial charge in [0.25, 0.3) is 0 Å². The Labute approximate surface area is 252 Å². The first-order valence-electron chi connectivity index (χ1n) is 13.1. The highest BCUT2D eigenvalue weighted by Gasteiger charge is 2.30. The number of carboxylic acids is 1. The Morgan fingerprint density at radius 2 is 1.81 bits per heavy atom. The number of hydrogen-bond acceptors (Lipinski definition) is 8. The second-order valence-corrected chi connectivity index (χ2v) is 10.9. The molecule has 2 aromatic carbocycles. The SMILES string of the molecule is CCOc1ccc(C(=O)OC)cc1CC(=O)N[C@H](C(=O)NC(CC(=O)O)C(=O)CSCc1c(F)cccc1Cl)C(C)C. The Balaban J connectivity index is 2.12. The molecule has 1 unspecified atom stereocenters. The third-order valence-corrected chi connectivity index (χ3v) is 7.37. The van der Waals surface area contributed by atoms with Gasteiger partial charge in [0.2, 0.25) is 11.8 Å². The standard InChI is InChI=1S/C29H34ClFN2O8S/c1-5-41-24-10-9-17(29(39)40-4)11-18(24)12-25(35)33-27(16(2)3)28(38)32-22(13-26(36)37)23(34)15-42-14-19-20(30)7-6-8-21(19)31/h6-11,16,22,27H,5,12-15H2,1-4H3,(H,32,38)(H,33,35)(H,36,37)/t22?,27-/m0/s1. The van der Waals surface area contributed by atoms with E-state index < -0.39 is 59.8 Å². The lowest BCUT2D eigenvalue weighted by Gasteiger charge is -2.25. The maximum absolute atomic E-state index is 14.0. The topological polar surface area (TPSA) is 148 Å². The fourth-order valence-corrected chi connectivity index (χ4v) is 5.21. The van der Waals surface area contributed by atoms with Gasteiger partial charge in [0.1, 0.15) is 17.6 Å². The van der Waals surface area contributed by atoms with E-state index >= 15 is 0 Å². The number of Topliss-reactive ketones (excluding diaryl/α,β-unsaturated/α-hetero) is 1. The lowest BCUT2D eigenvalue weighted by molar-refractivity contribution is -0.140. The summed E-state index contributed by atoms with van der Waals surface area (Å²) in [6.07, 6.45) is -0.911. The largest absolute Gasteiger partial charge is 0.494 e. The maximum atomic E-state index is 14.0. The Morgan fingerprint density at radius 3 is 2.40 bits per heavy atom. The molecule has 2 amide bonds. The average Bonchev–Trinajstić information content (AvgIpc) is 2.92. The molecule has 0 spiro atoms. The van der Waals surface area contributed by atoms with E-state index in [1.165, 1.54) is 37.4 Å². The number of aliphatic carboxylic acids is 1. The number of carboxylic acid groups (broad SMARTS) is 1. The van der Waals surface area contributed by atoms with E-state index in [-0.39, 0.29) is 34.1 Å². The molecule has 2 rings (SSSR count). The molecule has 0 aromatic heterocycles. The third kappa shape index (κ3) is 10.3. The summed E-state index contributed by atoms with van der Waals surface area (Å²) in [5, 5.41) is 14.6. The molecule has 3 N–H and O–H groups in total. The van der Waals surface area contributed by atoms with Crippen LogP contribution in [-0.2, 0) is 36.1 Å². The molecule has 0 saturated heterocycles. The second kappa shape index (κ2) is 16.7. The van der Waals surface area contributed by atoms with E-state index in [0.29, 0.717) is 17.9 Å². The van der Waals surface area contributed by atoms with Crippen LogP contribution in [0.15, 0.2) is 36.4 Å². The first-order chi connectivity index (χ1) is 19.9. The molecule has 228 valence electrons. The number of thioether (sulfide) groups is 1. The van der Waals surface area contributed by atoms with Crippen molar-refractivity contribution < 1.29 is 42.9 Å². The van der Waals surface area contributed by atoms with Gasteiger partial charge in [0, 0.05) is 21.9 Å². The average molecular weight is 625 g/mol. The molecular formula is C29H34ClFN2O8S. The summed E-state index contributed by atoms with van der Waals surface area (Å²) in [7, 11) is 1.23. The predicted molar refractivity (Wildman–Crippen MR) is 156 cm³/mol. The summed E-state index contributed by atoms with van der Waals surface area (Å²) in [5.41, 5.74) is 0.820. The first-order valence-corrected chi connectivity index (χ1v) is 14.6. The molecular weight excluding hydrogens is 591 g/mol. The number of halogens is 2. The van der Waals surface area contributed by atoms with Crippen LogP contribution in [0.5, 0.6) is 5.75 Å². The number of ether oxygens (including phenoxy) is 2. The summed E-state index contributed by atoms with van der Waals surface area (Å²) in [4.78, 5) is 62.5. The van der Waals surface area contributed by atoms with Crippen LogP contribution < -0.4 is 15.4 Å². The number of methoxy groups -OCH3 is 1. The molecule has 0 saturated carbocycles. The summed E-state index contributed by atoms with van der Waals surface area (Å²) in [6, 6.07) is 6.25. The van der Waals surface area contributed by atoms with Gasteiger partial charge >= 0.3 is 11.9 Å². The van der Waals surface area contributed by atoms with Crippen LogP contribution in [0.25, 0.3) is 0 Å².